The van der Waals surface area contributed by atoms with E-state index in [-0.39, 0.29) is 10.4 Å². The van der Waals surface area contributed by atoms with E-state index < -0.39 is 12.4 Å². The Hall–Kier alpha value is -0.780. The molecule has 0 N–H and O–H groups in total. The third-order valence-electron chi connectivity index (χ3n) is 0.990. The van der Waals surface area contributed by atoms with Crippen molar-refractivity contribution in [1.29, 1.82) is 0 Å². The highest BCUT2D eigenvalue weighted by molar-refractivity contribution is 9.10. The number of rotatable bonds is 2. The lowest BCUT2D eigenvalue weighted by atomic mass is 10.4. The maximum atomic E-state index is 12.4. The molecule has 0 aliphatic carbocycles. The van der Waals surface area contributed by atoms with Gasteiger partial charge in [0.1, 0.15) is 10.4 Å². The first kappa shape index (κ1) is 9.31. The fourth-order valence-electron chi connectivity index (χ4n) is 0.583. The van der Waals surface area contributed by atoms with Crippen molar-refractivity contribution in [3.05, 3.63) is 22.7 Å². The maximum absolute atomic E-state index is 12.4. The van der Waals surface area contributed by atoms with Gasteiger partial charge < -0.3 is 4.74 Å². The zero-order chi connectivity index (χ0) is 9.14. The van der Waals surface area contributed by atoms with Crippen LogP contribution in [0.3, 0.4) is 0 Å². The minimum Gasteiger partial charge on any atom is -0.432 e. The molecule has 0 atom stereocenters. The van der Waals surface area contributed by atoms with E-state index in [1.54, 1.807) is 0 Å². The highest BCUT2D eigenvalue weighted by Crippen LogP contribution is 2.24. The number of hydrogen-bond acceptors (Lipinski definition) is 2. The van der Waals surface area contributed by atoms with Crippen molar-refractivity contribution < 1.29 is 17.9 Å². The first-order valence-electron chi connectivity index (χ1n) is 2.85. The molecule has 0 aliphatic rings. The molecule has 0 spiro atoms. The van der Waals surface area contributed by atoms with Crippen molar-refractivity contribution in [3.8, 4) is 5.75 Å². The van der Waals surface area contributed by atoms with Gasteiger partial charge in [-0.2, -0.15) is 8.78 Å². The Morgan fingerprint density at radius 2 is 2.17 bits per heavy atom. The number of ether oxygens (including phenoxy) is 1. The molecular weight excluding hydrogens is 239 g/mol. The van der Waals surface area contributed by atoms with Gasteiger partial charge in [-0.3, -0.25) is 0 Å². The average Bonchev–Trinajstić information content (AvgIpc) is 1.96. The fraction of sp³-hybridized carbons (Fsp3) is 0.167. The molecule has 6 heteroatoms. The van der Waals surface area contributed by atoms with Crippen LogP contribution in [0.4, 0.5) is 13.2 Å². The van der Waals surface area contributed by atoms with E-state index in [1.165, 1.54) is 0 Å². The molecule has 0 aromatic carbocycles. The van der Waals surface area contributed by atoms with Gasteiger partial charge in [-0.05, 0) is 15.9 Å². The number of aromatic nitrogens is 1. The Morgan fingerprint density at radius 1 is 1.50 bits per heavy atom. The van der Waals surface area contributed by atoms with Crippen molar-refractivity contribution in [2.75, 3.05) is 0 Å². The van der Waals surface area contributed by atoms with E-state index in [2.05, 4.69) is 25.7 Å². The van der Waals surface area contributed by atoms with E-state index in [4.69, 9.17) is 0 Å². The first-order valence-corrected chi connectivity index (χ1v) is 3.65. The average molecular weight is 242 g/mol. The Balaban J connectivity index is 2.90. The van der Waals surface area contributed by atoms with Gasteiger partial charge in [0.2, 0.25) is 0 Å². The van der Waals surface area contributed by atoms with Crippen LogP contribution in [0.2, 0.25) is 0 Å². The van der Waals surface area contributed by atoms with E-state index >= 15 is 0 Å². The molecule has 0 amide bonds. The van der Waals surface area contributed by atoms with Gasteiger partial charge in [0.05, 0.1) is 6.20 Å². The van der Waals surface area contributed by atoms with Crippen LogP contribution in [0.5, 0.6) is 5.75 Å². The molecule has 1 rings (SSSR count). The molecule has 66 valence electrons. The van der Waals surface area contributed by atoms with Gasteiger partial charge >= 0.3 is 6.61 Å². The Kier molecular flexibility index (Phi) is 2.91. The summed E-state index contributed by atoms with van der Waals surface area (Å²) < 4.78 is 39.7. The molecule has 1 heterocycles. The van der Waals surface area contributed by atoms with Crippen LogP contribution in [0, 0.1) is 5.82 Å². The van der Waals surface area contributed by atoms with Gasteiger partial charge in [-0.1, -0.05) is 0 Å². The van der Waals surface area contributed by atoms with Crippen LogP contribution >= 0.6 is 15.9 Å². The molecule has 2 nitrogen and oxygen atoms in total. The van der Waals surface area contributed by atoms with Crippen LogP contribution in [-0.2, 0) is 0 Å². The van der Waals surface area contributed by atoms with Crippen molar-refractivity contribution in [3.63, 3.8) is 0 Å². The first-order chi connectivity index (χ1) is 5.59. The third-order valence-corrected chi connectivity index (χ3v) is 1.59. The normalized spacial score (nSPS) is 10.4. The van der Waals surface area contributed by atoms with Crippen molar-refractivity contribution in [2.24, 2.45) is 0 Å². The summed E-state index contributed by atoms with van der Waals surface area (Å²) in [6.07, 6.45) is 0.891. The van der Waals surface area contributed by atoms with Crippen LogP contribution in [0.1, 0.15) is 0 Å². The summed E-state index contributed by atoms with van der Waals surface area (Å²) in [6, 6.07) is 0.823. The highest BCUT2D eigenvalue weighted by Gasteiger charge is 2.09. The number of nitrogens with zero attached hydrogens (tertiary/aromatic N) is 1. The smallest absolute Gasteiger partial charge is 0.387 e. The van der Waals surface area contributed by atoms with Crippen molar-refractivity contribution in [2.45, 2.75) is 6.61 Å². The van der Waals surface area contributed by atoms with E-state index in [0.717, 1.165) is 12.3 Å². The summed E-state index contributed by atoms with van der Waals surface area (Å²) in [4.78, 5) is 3.42. The van der Waals surface area contributed by atoms with Gasteiger partial charge in [-0.25, -0.2) is 9.37 Å². The fourth-order valence-corrected chi connectivity index (χ4v) is 0.893. The second kappa shape index (κ2) is 3.75. The summed E-state index contributed by atoms with van der Waals surface area (Å²) in [5.41, 5.74) is 0. The summed E-state index contributed by atoms with van der Waals surface area (Å²) in [5, 5.41) is 0. The lowest BCUT2D eigenvalue weighted by Gasteiger charge is -2.04. The van der Waals surface area contributed by atoms with Gasteiger partial charge in [0.25, 0.3) is 0 Å². The van der Waals surface area contributed by atoms with Crippen LogP contribution in [0.15, 0.2) is 16.9 Å². The summed E-state index contributed by atoms with van der Waals surface area (Å²) in [5.74, 6) is -1.04. The maximum Gasteiger partial charge on any atom is 0.387 e. The standard InChI is InChI=1S/C6H3BrF3NO/c7-5-4(12-6(9)10)1-3(8)2-11-5/h1-2,6H. The molecule has 0 fully saturated rings. The summed E-state index contributed by atoms with van der Waals surface area (Å²) >= 11 is 2.82. The lowest BCUT2D eigenvalue weighted by Crippen LogP contribution is -2.03. The van der Waals surface area contributed by atoms with Crippen LogP contribution in [-0.4, -0.2) is 11.6 Å². The Bertz CT molecular complexity index is 281. The molecule has 12 heavy (non-hydrogen) atoms. The molecule has 0 saturated heterocycles. The molecule has 0 aliphatic heterocycles. The van der Waals surface area contributed by atoms with E-state index in [0.29, 0.717) is 0 Å². The molecule has 0 saturated carbocycles. The van der Waals surface area contributed by atoms with Gasteiger partial charge in [0, 0.05) is 6.07 Å². The number of halogens is 4. The monoisotopic (exact) mass is 241 g/mol. The predicted octanol–water partition coefficient (Wildman–Crippen LogP) is 2.58. The largest absolute Gasteiger partial charge is 0.432 e. The highest BCUT2D eigenvalue weighted by atomic mass is 79.9. The molecular formula is C6H3BrF3NO. The number of alkyl halides is 2. The quantitative estimate of drug-likeness (QED) is 0.743. The Morgan fingerprint density at radius 3 is 2.75 bits per heavy atom. The SMILES string of the molecule is Fc1cnc(Br)c(OC(F)F)c1. The number of pyridine rings is 1. The van der Waals surface area contributed by atoms with Crippen LogP contribution in [0.25, 0.3) is 0 Å². The molecule has 1 aromatic heterocycles. The van der Waals surface area contributed by atoms with Gasteiger partial charge in [0.15, 0.2) is 5.75 Å². The van der Waals surface area contributed by atoms with E-state index in [1.807, 2.05) is 0 Å². The zero-order valence-electron chi connectivity index (χ0n) is 5.60. The lowest BCUT2D eigenvalue weighted by molar-refractivity contribution is -0.0508. The summed E-state index contributed by atoms with van der Waals surface area (Å²) in [6.45, 7) is -2.98. The predicted molar refractivity (Wildman–Crippen MR) is 38.5 cm³/mol. The second-order valence-electron chi connectivity index (χ2n) is 1.82. The van der Waals surface area contributed by atoms with E-state index in [9.17, 15) is 13.2 Å². The molecule has 0 unspecified atom stereocenters. The van der Waals surface area contributed by atoms with Crippen molar-refractivity contribution >= 4 is 15.9 Å². The molecule has 0 bridgehead atoms. The minimum atomic E-state index is -2.98. The molecule has 0 radical (unpaired) electrons. The number of hydrogen-bond donors (Lipinski definition) is 0. The van der Waals surface area contributed by atoms with Crippen molar-refractivity contribution in [1.82, 2.24) is 4.98 Å². The molecule has 1 aromatic rings. The third kappa shape index (κ3) is 2.37. The topological polar surface area (TPSA) is 22.1 Å². The zero-order valence-corrected chi connectivity index (χ0v) is 7.19. The van der Waals surface area contributed by atoms with Crippen LogP contribution < -0.4 is 4.74 Å². The summed E-state index contributed by atoms with van der Waals surface area (Å²) in [7, 11) is 0. The minimum absolute atomic E-state index is 0.0456. The Labute approximate surface area is 74.5 Å². The second-order valence-corrected chi connectivity index (χ2v) is 2.57. The van der Waals surface area contributed by atoms with Gasteiger partial charge in [-0.15, -0.1) is 0 Å².